The Morgan fingerprint density at radius 3 is 3.00 bits per heavy atom. The molecular formula is C25H24N4O2. The zero-order valence-corrected chi connectivity index (χ0v) is 17.5. The molecule has 31 heavy (non-hydrogen) atoms. The average Bonchev–Trinajstić information content (AvgIpc) is 3.09. The number of benzene rings is 1. The Kier molecular flexibility index (Phi) is 5.20. The molecule has 0 saturated carbocycles. The first-order valence-corrected chi connectivity index (χ1v) is 10.6. The minimum atomic E-state index is -0.0366. The van der Waals surface area contributed by atoms with Crippen LogP contribution in [0.5, 0.6) is 5.75 Å². The van der Waals surface area contributed by atoms with Gasteiger partial charge in [0.1, 0.15) is 5.75 Å². The highest BCUT2D eigenvalue weighted by molar-refractivity contribution is 6.15. The van der Waals surface area contributed by atoms with Gasteiger partial charge in [0.05, 0.1) is 37.0 Å². The Hall–Kier alpha value is -3.54. The third-order valence-electron chi connectivity index (χ3n) is 5.75. The third-order valence-corrected chi connectivity index (χ3v) is 5.75. The van der Waals surface area contributed by atoms with E-state index in [1.54, 1.807) is 6.20 Å². The SMILES string of the molecule is Cc1cc(C2=NCc3cc(CC(=O)N[C@H]4CCCOc5ccccc54)ncc32)ccn1. The van der Waals surface area contributed by atoms with Crippen LogP contribution in [0, 0.1) is 6.92 Å². The van der Waals surface area contributed by atoms with Gasteiger partial charge in [-0.15, -0.1) is 0 Å². The van der Waals surface area contributed by atoms with E-state index in [2.05, 4.69) is 15.3 Å². The number of ether oxygens (including phenoxy) is 1. The standard InChI is InChI=1S/C25H24N4O2/c1-16-11-17(8-9-26-16)25-21-15-27-19(12-18(21)14-28-25)13-24(30)29-22-6-4-10-31-23-7-3-2-5-20(22)23/h2-3,5,7-9,11-12,15,22H,4,6,10,13-14H2,1H3,(H,29,30)/t22-/m0/s1. The number of carbonyl (C=O) groups is 1. The topological polar surface area (TPSA) is 76.5 Å². The van der Waals surface area contributed by atoms with Crippen LogP contribution < -0.4 is 10.1 Å². The Morgan fingerprint density at radius 1 is 1.19 bits per heavy atom. The molecule has 0 spiro atoms. The molecular weight excluding hydrogens is 388 g/mol. The smallest absolute Gasteiger partial charge is 0.226 e. The Bertz CT molecular complexity index is 1170. The van der Waals surface area contributed by atoms with Gasteiger partial charge in [-0.25, -0.2) is 0 Å². The van der Waals surface area contributed by atoms with Crippen molar-refractivity contribution in [2.75, 3.05) is 6.61 Å². The van der Waals surface area contributed by atoms with Crippen LogP contribution in [-0.4, -0.2) is 28.2 Å². The van der Waals surface area contributed by atoms with Gasteiger partial charge in [-0.1, -0.05) is 18.2 Å². The maximum atomic E-state index is 12.8. The van der Waals surface area contributed by atoms with Crippen molar-refractivity contribution in [2.45, 2.75) is 38.8 Å². The molecule has 156 valence electrons. The molecule has 1 N–H and O–H groups in total. The minimum absolute atomic E-state index is 0.0296. The van der Waals surface area contributed by atoms with Gasteiger partial charge in [0, 0.05) is 34.8 Å². The van der Waals surface area contributed by atoms with E-state index in [0.717, 1.165) is 57.9 Å². The number of hydrogen-bond acceptors (Lipinski definition) is 5. The molecule has 0 unspecified atom stereocenters. The number of amides is 1. The Balaban J connectivity index is 1.29. The molecule has 2 aliphatic rings. The van der Waals surface area contributed by atoms with E-state index in [-0.39, 0.29) is 18.4 Å². The summed E-state index contributed by atoms with van der Waals surface area (Å²) in [6.07, 6.45) is 5.66. The summed E-state index contributed by atoms with van der Waals surface area (Å²) >= 11 is 0. The van der Waals surface area contributed by atoms with Crippen molar-refractivity contribution in [3.63, 3.8) is 0 Å². The number of aromatic nitrogens is 2. The number of rotatable bonds is 4. The lowest BCUT2D eigenvalue weighted by atomic mass is 10.0. The highest BCUT2D eigenvalue weighted by Crippen LogP contribution is 2.31. The zero-order valence-electron chi connectivity index (χ0n) is 17.5. The third kappa shape index (κ3) is 4.06. The Labute approximate surface area is 181 Å². The molecule has 2 aliphatic heterocycles. The first-order chi connectivity index (χ1) is 15.2. The molecule has 3 aromatic rings. The van der Waals surface area contributed by atoms with Gasteiger partial charge in [-0.2, -0.15) is 0 Å². The number of nitrogens with one attached hydrogen (secondary N) is 1. The number of para-hydroxylation sites is 1. The molecule has 0 fully saturated rings. The van der Waals surface area contributed by atoms with Crippen LogP contribution in [0.15, 0.2) is 59.9 Å². The molecule has 6 nitrogen and oxygen atoms in total. The van der Waals surface area contributed by atoms with Gasteiger partial charge < -0.3 is 10.1 Å². The van der Waals surface area contributed by atoms with E-state index in [0.29, 0.717) is 13.2 Å². The maximum absolute atomic E-state index is 12.8. The van der Waals surface area contributed by atoms with Gasteiger partial charge >= 0.3 is 0 Å². The fourth-order valence-electron chi connectivity index (χ4n) is 4.26. The summed E-state index contributed by atoms with van der Waals surface area (Å²) in [5.74, 6) is 0.829. The fraction of sp³-hybridized carbons (Fsp3) is 0.280. The lowest BCUT2D eigenvalue weighted by molar-refractivity contribution is -0.121. The number of fused-ring (bicyclic) bond motifs is 2. The van der Waals surface area contributed by atoms with Crippen LogP contribution in [0.4, 0.5) is 0 Å². The van der Waals surface area contributed by atoms with E-state index >= 15 is 0 Å². The van der Waals surface area contributed by atoms with Crippen molar-refractivity contribution in [2.24, 2.45) is 4.99 Å². The summed E-state index contributed by atoms with van der Waals surface area (Å²) < 4.78 is 5.80. The van der Waals surface area contributed by atoms with E-state index in [4.69, 9.17) is 9.73 Å². The van der Waals surface area contributed by atoms with Crippen molar-refractivity contribution in [3.8, 4) is 5.75 Å². The summed E-state index contributed by atoms with van der Waals surface area (Å²) in [6, 6.07) is 13.9. The molecule has 1 amide bonds. The van der Waals surface area contributed by atoms with Gasteiger partial charge in [0.15, 0.2) is 0 Å². The van der Waals surface area contributed by atoms with Gasteiger partial charge in [-0.3, -0.25) is 19.8 Å². The van der Waals surface area contributed by atoms with E-state index in [1.807, 2.05) is 55.6 Å². The summed E-state index contributed by atoms with van der Waals surface area (Å²) in [7, 11) is 0. The second-order valence-electron chi connectivity index (χ2n) is 8.01. The predicted octanol–water partition coefficient (Wildman–Crippen LogP) is 3.71. The lowest BCUT2D eigenvalue weighted by Gasteiger charge is -2.18. The molecule has 1 atom stereocenters. The van der Waals surface area contributed by atoms with Gasteiger partial charge in [-0.05, 0) is 49.6 Å². The van der Waals surface area contributed by atoms with Crippen molar-refractivity contribution >= 4 is 11.6 Å². The fourth-order valence-corrected chi connectivity index (χ4v) is 4.26. The predicted molar refractivity (Wildman–Crippen MR) is 118 cm³/mol. The number of aryl methyl sites for hydroxylation is 1. The van der Waals surface area contributed by atoms with Gasteiger partial charge in [0.25, 0.3) is 0 Å². The monoisotopic (exact) mass is 412 g/mol. The van der Waals surface area contributed by atoms with Crippen LogP contribution in [-0.2, 0) is 17.8 Å². The summed E-state index contributed by atoms with van der Waals surface area (Å²) in [5.41, 5.74) is 6.89. The molecule has 1 aromatic carbocycles. The summed E-state index contributed by atoms with van der Waals surface area (Å²) in [4.78, 5) is 26.3. The van der Waals surface area contributed by atoms with Crippen molar-refractivity contribution in [3.05, 3.63) is 88.5 Å². The van der Waals surface area contributed by atoms with Crippen LogP contribution in [0.3, 0.4) is 0 Å². The van der Waals surface area contributed by atoms with E-state index < -0.39 is 0 Å². The molecule has 2 aromatic heterocycles. The highest BCUT2D eigenvalue weighted by atomic mass is 16.5. The molecule has 4 heterocycles. The molecule has 6 heteroatoms. The number of nitrogens with zero attached hydrogens (tertiary/aromatic N) is 3. The average molecular weight is 412 g/mol. The van der Waals surface area contributed by atoms with Gasteiger partial charge in [0.2, 0.25) is 5.91 Å². The van der Waals surface area contributed by atoms with Crippen LogP contribution in [0.25, 0.3) is 0 Å². The summed E-state index contributed by atoms with van der Waals surface area (Å²) in [5, 5.41) is 3.18. The lowest BCUT2D eigenvalue weighted by Crippen LogP contribution is -2.30. The minimum Gasteiger partial charge on any atom is -0.493 e. The van der Waals surface area contributed by atoms with Crippen molar-refractivity contribution in [1.29, 1.82) is 0 Å². The van der Waals surface area contributed by atoms with Crippen LogP contribution >= 0.6 is 0 Å². The Morgan fingerprint density at radius 2 is 2.10 bits per heavy atom. The molecule has 0 aliphatic carbocycles. The second-order valence-corrected chi connectivity index (χ2v) is 8.01. The van der Waals surface area contributed by atoms with E-state index in [9.17, 15) is 4.79 Å². The number of pyridine rings is 2. The first kappa shape index (κ1) is 19.4. The quantitative estimate of drug-likeness (QED) is 0.709. The van der Waals surface area contributed by atoms with Crippen molar-refractivity contribution < 1.29 is 9.53 Å². The molecule has 0 saturated heterocycles. The number of hydrogen-bond donors (Lipinski definition) is 1. The molecule has 5 rings (SSSR count). The number of carbonyl (C=O) groups excluding carboxylic acids is 1. The van der Waals surface area contributed by atoms with Crippen LogP contribution in [0.2, 0.25) is 0 Å². The van der Waals surface area contributed by atoms with E-state index in [1.165, 1.54) is 0 Å². The van der Waals surface area contributed by atoms with Crippen LogP contribution in [0.1, 0.15) is 52.5 Å². The zero-order chi connectivity index (χ0) is 21.2. The first-order valence-electron chi connectivity index (χ1n) is 10.6. The normalized spacial score (nSPS) is 17.1. The highest BCUT2D eigenvalue weighted by Gasteiger charge is 2.23. The second kappa shape index (κ2) is 8.30. The van der Waals surface area contributed by atoms with Crippen molar-refractivity contribution in [1.82, 2.24) is 15.3 Å². The largest absolute Gasteiger partial charge is 0.493 e. The maximum Gasteiger partial charge on any atom is 0.226 e. The summed E-state index contributed by atoms with van der Waals surface area (Å²) in [6.45, 7) is 3.25. The number of aliphatic imine (C=N–C) groups is 1. The molecule has 0 bridgehead atoms. The molecule has 0 radical (unpaired) electrons.